The number of rotatable bonds is 4. The minimum absolute atomic E-state index is 0.506. The molecule has 2 unspecified atom stereocenters. The van der Waals surface area contributed by atoms with Crippen molar-refractivity contribution in [3.05, 3.63) is 0 Å². The Hall–Kier alpha value is -2.12. The number of carboxylic acid groups (broad SMARTS) is 4. The summed E-state index contributed by atoms with van der Waals surface area (Å²) in [6.07, 6.45) is 5.36. The van der Waals surface area contributed by atoms with Gasteiger partial charge in [-0.15, -0.1) is 0 Å². The molecule has 2 fully saturated rings. The van der Waals surface area contributed by atoms with Crippen LogP contribution in [0.4, 0.5) is 0 Å². The zero-order valence-corrected chi connectivity index (χ0v) is 13.4. The number of hydrogen-bond acceptors (Lipinski definition) is 4. The smallest absolute Gasteiger partial charge is 0.307 e. The minimum atomic E-state index is -0.970. The van der Waals surface area contributed by atoms with E-state index in [1.165, 1.54) is 0 Å². The molecule has 0 bridgehead atoms. The summed E-state index contributed by atoms with van der Waals surface area (Å²) in [7, 11) is 0. The van der Waals surface area contributed by atoms with E-state index in [2.05, 4.69) is 0 Å². The van der Waals surface area contributed by atoms with Crippen molar-refractivity contribution in [1.82, 2.24) is 0 Å². The van der Waals surface area contributed by atoms with Gasteiger partial charge in [0.1, 0.15) is 0 Å². The van der Waals surface area contributed by atoms with Crippen molar-refractivity contribution in [2.24, 2.45) is 23.7 Å². The Morgan fingerprint density at radius 1 is 0.458 bits per heavy atom. The monoisotopic (exact) mass is 344 g/mol. The van der Waals surface area contributed by atoms with Crippen LogP contribution >= 0.6 is 0 Å². The lowest BCUT2D eigenvalue weighted by Gasteiger charge is -2.24. The van der Waals surface area contributed by atoms with Crippen molar-refractivity contribution in [3.63, 3.8) is 0 Å². The summed E-state index contributed by atoms with van der Waals surface area (Å²) in [6, 6.07) is 0. The maximum absolute atomic E-state index is 10.6. The highest BCUT2D eigenvalue weighted by molar-refractivity contribution is 5.80. The quantitative estimate of drug-likeness (QED) is 0.604. The summed E-state index contributed by atoms with van der Waals surface area (Å²) < 4.78 is 0. The summed E-state index contributed by atoms with van der Waals surface area (Å²) in [6.45, 7) is 0. The van der Waals surface area contributed by atoms with Gasteiger partial charge in [-0.05, 0) is 25.7 Å². The van der Waals surface area contributed by atoms with Gasteiger partial charge in [0.2, 0.25) is 0 Å². The Morgan fingerprint density at radius 3 is 0.750 bits per heavy atom. The third-order valence-electron chi connectivity index (χ3n) is 4.80. The molecular formula is C16H24O8. The van der Waals surface area contributed by atoms with E-state index in [0.717, 1.165) is 25.7 Å². The molecule has 0 amide bonds. The van der Waals surface area contributed by atoms with Gasteiger partial charge in [0.25, 0.3) is 0 Å². The molecule has 0 spiro atoms. The summed E-state index contributed by atoms with van der Waals surface area (Å²) in [5.41, 5.74) is 0. The fourth-order valence-electron chi connectivity index (χ4n) is 3.44. The van der Waals surface area contributed by atoms with Crippen LogP contribution in [0.15, 0.2) is 0 Å². The van der Waals surface area contributed by atoms with E-state index in [9.17, 15) is 19.2 Å². The second-order valence-electron chi connectivity index (χ2n) is 6.35. The first-order valence-electron chi connectivity index (χ1n) is 8.17. The number of carbonyl (C=O) groups is 4. The van der Waals surface area contributed by atoms with E-state index in [4.69, 9.17) is 20.4 Å². The van der Waals surface area contributed by atoms with E-state index in [1.54, 1.807) is 0 Å². The van der Waals surface area contributed by atoms with Crippen LogP contribution in [0.5, 0.6) is 0 Å². The molecule has 0 aliphatic heterocycles. The van der Waals surface area contributed by atoms with Crippen LogP contribution in [0, 0.1) is 23.7 Å². The lowest BCUT2D eigenvalue weighted by atomic mass is 9.79. The van der Waals surface area contributed by atoms with Crippen LogP contribution in [-0.2, 0) is 19.2 Å². The molecule has 0 heterocycles. The maximum Gasteiger partial charge on any atom is 0.307 e. The van der Waals surface area contributed by atoms with Crippen LogP contribution in [0.25, 0.3) is 0 Å². The van der Waals surface area contributed by atoms with Crippen LogP contribution in [0.3, 0.4) is 0 Å². The third kappa shape index (κ3) is 5.50. The Kier molecular flexibility index (Phi) is 7.67. The molecule has 4 atom stereocenters. The molecule has 0 saturated heterocycles. The second kappa shape index (κ2) is 9.24. The van der Waals surface area contributed by atoms with Crippen LogP contribution < -0.4 is 0 Å². The van der Waals surface area contributed by atoms with Crippen molar-refractivity contribution >= 4 is 23.9 Å². The average molecular weight is 344 g/mol. The first kappa shape index (κ1) is 19.9. The van der Waals surface area contributed by atoms with Crippen LogP contribution in [-0.4, -0.2) is 44.3 Å². The van der Waals surface area contributed by atoms with Gasteiger partial charge in [-0.3, -0.25) is 19.2 Å². The summed E-state index contributed by atoms with van der Waals surface area (Å²) in [5, 5.41) is 34.8. The van der Waals surface area contributed by atoms with Gasteiger partial charge in [0, 0.05) is 0 Å². The summed E-state index contributed by atoms with van der Waals surface area (Å²) in [4.78, 5) is 42.4. The van der Waals surface area contributed by atoms with E-state index < -0.39 is 47.5 Å². The maximum atomic E-state index is 10.6. The Labute approximate surface area is 139 Å². The number of aliphatic carboxylic acids is 4. The van der Waals surface area contributed by atoms with Crippen molar-refractivity contribution in [2.75, 3.05) is 0 Å². The molecule has 2 saturated carbocycles. The molecule has 2 aliphatic carbocycles. The Bertz CT molecular complexity index is 398. The van der Waals surface area contributed by atoms with Gasteiger partial charge in [0.15, 0.2) is 0 Å². The van der Waals surface area contributed by atoms with E-state index >= 15 is 0 Å². The van der Waals surface area contributed by atoms with Crippen molar-refractivity contribution in [2.45, 2.75) is 51.4 Å². The average Bonchev–Trinajstić information content (AvgIpc) is 2.55. The van der Waals surface area contributed by atoms with E-state index in [1.807, 2.05) is 0 Å². The lowest BCUT2D eigenvalue weighted by Crippen LogP contribution is -2.32. The molecule has 4 N–H and O–H groups in total. The summed E-state index contributed by atoms with van der Waals surface area (Å²) in [5.74, 6) is -6.56. The van der Waals surface area contributed by atoms with Gasteiger partial charge in [0.05, 0.1) is 23.7 Å². The molecule has 2 aliphatic rings. The van der Waals surface area contributed by atoms with Gasteiger partial charge in [-0.1, -0.05) is 25.7 Å². The molecule has 0 radical (unpaired) electrons. The van der Waals surface area contributed by atoms with Gasteiger partial charge < -0.3 is 20.4 Å². The van der Waals surface area contributed by atoms with Crippen molar-refractivity contribution < 1.29 is 39.6 Å². The fourth-order valence-corrected chi connectivity index (χ4v) is 3.44. The third-order valence-corrected chi connectivity index (χ3v) is 4.80. The highest BCUT2D eigenvalue weighted by Crippen LogP contribution is 2.31. The highest BCUT2D eigenvalue weighted by Gasteiger charge is 2.36. The van der Waals surface area contributed by atoms with Gasteiger partial charge in [-0.2, -0.15) is 0 Å². The molecule has 2 rings (SSSR count). The molecule has 24 heavy (non-hydrogen) atoms. The molecule has 0 aromatic heterocycles. The fraction of sp³-hybridized carbons (Fsp3) is 0.750. The number of hydrogen-bond donors (Lipinski definition) is 4. The lowest BCUT2D eigenvalue weighted by molar-refractivity contribution is -0.155. The normalized spacial score (nSPS) is 29.7. The molecule has 136 valence electrons. The molecule has 8 nitrogen and oxygen atoms in total. The van der Waals surface area contributed by atoms with E-state index in [0.29, 0.717) is 25.7 Å². The highest BCUT2D eigenvalue weighted by atomic mass is 16.4. The van der Waals surface area contributed by atoms with E-state index in [-0.39, 0.29) is 0 Å². The first-order valence-corrected chi connectivity index (χ1v) is 8.17. The molecule has 0 aromatic carbocycles. The largest absolute Gasteiger partial charge is 0.481 e. The SMILES string of the molecule is O=C(O)C1CCCCC1C(=O)O.O=C(O)[C@@H]1CCCC[C@H]1C(=O)O. The van der Waals surface area contributed by atoms with Gasteiger partial charge >= 0.3 is 23.9 Å². The van der Waals surface area contributed by atoms with Crippen molar-refractivity contribution in [3.8, 4) is 0 Å². The molecular weight excluding hydrogens is 320 g/mol. The number of carboxylic acids is 4. The Balaban J connectivity index is 0.000000240. The molecule has 8 heteroatoms. The zero-order chi connectivity index (χ0) is 18.3. The van der Waals surface area contributed by atoms with Crippen LogP contribution in [0.2, 0.25) is 0 Å². The second-order valence-corrected chi connectivity index (χ2v) is 6.35. The molecule has 0 aromatic rings. The summed E-state index contributed by atoms with van der Waals surface area (Å²) >= 11 is 0. The zero-order valence-electron chi connectivity index (χ0n) is 13.4. The first-order chi connectivity index (χ1) is 11.3. The predicted octanol–water partition coefficient (Wildman–Crippen LogP) is 1.92. The standard InChI is InChI=1S/2C8H12O4/c2*9-7(10)5-3-1-2-4-6(5)8(11)12/h2*5-6H,1-4H2,(H,9,10)(H,11,12)/t5-,6-;/m1./s1. The predicted molar refractivity (Wildman–Crippen MR) is 81.4 cm³/mol. The topological polar surface area (TPSA) is 149 Å². The van der Waals surface area contributed by atoms with Crippen LogP contribution in [0.1, 0.15) is 51.4 Å². The van der Waals surface area contributed by atoms with Crippen molar-refractivity contribution in [1.29, 1.82) is 0 Å². The Morgan fingerprint density at radius 2 is 0.625 bits per heavy atom. The minimum Gasteiger partial charge on any atom is -0.481 e. The van der Waals surface area contributed by atoms with Gasteiger partial charge in [-0.25, -0.2) is 0 Å².